The molecule has 0 saturated heterocycles. The fourth-order valence-corrected chi connectivity index (χ4v) is 4.23. The molecule has 1 amide bonds. The molecule has 1 heterocycles. The van der Waals surface area contributed by atoms with Gasteiger partial charge in [-0.1, -0.05) is 65.3 Å². The molecule has 5 nitrogen and oxygen atoms in total. The van der Waals surface area contributed by atoms with Crippen LogP contribution in [0.15, 0.2) is 82.7 Å². The number of benzene rings is 3. The number of hydrogen-bond donors (Lipinski definition) is 1. The molecule has 1 atom stereocenters. The number of para-hydroxylation sites is 2. The third-order valence-electron chi connectivity index (χ3n) is 4.82. The van der Waals surface area contributed by atoms with Crippen LogP contribution in [0.25, 0.3) is 16.6 Å². The minimum atomic E-state index is -0.513. The minimum absolute atomic E-state index is 0.171. The summed E-state index contributed by atoms with van der Waals surface area (Å²) in [5, 5.41) is 3.78. The van der Waals surface area contributed by atoms with Crippen LogP contribution in [0.5, 0.6) is 0 Å². The molecule has 1 N–H and O–H groups in total. The van der Waals surface area contributed by atoms with Gasteiger partial charge < -0.3 is 5.32 Å². The zero-order chi connectivity index (χ0) is 22.0. The summed E-state index contributed by atoms with van der Waals surface area (Å²) in [5.74, 6) is -0.226. The summed E-state index contributed by atoms with van der Waals surface area (Å²) < 4.78 is 1.56. The molecule has 0 aliphatic heterocycles. The van der Waals surface area contributed by atoms with Crippen LogP contribution in [0.3, 0.4) is 0 Å². The highest BCUT2D eigenvalue weighted by molar-refractivity contribution is 8.00. The summed E-state index contributed by atoms with van der Waals surface area (Å²) >= 11 is 7.39. The first-order chi connectivity index (χ1) is 14.9. The predicted molar refractivity (Wildman–Crippen MR) is 127 cm³/mol. The summed E-state index contributed by atoms with van der Waals surface area (Å²) in [6, 6.07) is 21.9. The molecular formula is C24H20ClN3O2S. The number of rotatable bonds is 5. The number of halogens is 1. The smallest absolute Gasteiger partial charge is 0.266 e. The second-order valence-corrected chi connectivity index (χ2v) is 8.83. The third kappa shape index (κ3) is 4.50. The molecule has 0 spiro atoms. The van der Waals surface area contributed by atoms with Crippen molar-refractivity contribution in [1.82, 2.24) is 9.55 Å². The van der Waals surface area contributed by atoms with E-state index in [1.54, 1.807) is 47.9 Å². The standard InChI is InChI=1S/C24H20ClN3O2S/c1-15-11-13-17(14-12-15)28-23(30)18-7-3-5-9-20(18)27-24(28)31-16(2)22(29)26-21-10-6-4-8-19(21)25/h3-14,16H,1-2H3,(H,26,29). The maximum absolute atomic E-state index is 13.3. The predicted octanol–water partition coefficient (Wildman–Crippen LogP) is 5.47. The van der Waals surface area contributed by atoms with E-state index in [1.807, 2.05) is 43.3 Å². The summed E-state index contributed by atoms with van der Waals surface area (Å²) in [6.45, 7) is 3.76. The quantitative estimate of drug-likeness (QED) is 0.324. The number of fused-ring (bicyclic) bond motifs is 1. The van der Waals surface area contributed by atoms with E-state index in [-0.39, 0.29) is 11.5 Å². The number of nitrogens with one attached hydrogen (secondary N) is 1. The van der Waals surface area contributed by atoms with Crippen LogP contribution < -0.4 is 10.9 Å². The Hall–Kier alpha value is -3.09. The highest BCUT2D eigenvalue weighted by atomic mass is 35.5. The van der Waals surface area contributed by atoms with E-state index in [1.165, 1.54) is 11.8 Å². The van der Waals surface area contributed by atoms with Crippen molar-refractivity contribution >= 4 is 45.9 Å². The van der Waals surface area contributed by atoms with Crippen LogP contribution in [0.4, 0.5) is 5.69 Å². The number of carbonyl (C=O) groups excluding carboxylic acids is 1. The van der Waals surface area contributed by atoms with Gasteiger partial charge in [-0.2, -0.15) is 0 Å². The fraction of sp³-hybridized carbons (Fsp3) is 0.125. The van der Waals surface area contributed by atoms with Gasteiger partial charge in [0.2, 0.25) is 5.91 Å². The fourth-order valence-electron chi connectivity index (χ4n) is 3.12. The molecule has 0 aliphatic rings. The Kier molecular flexibility index (Phi) is 6.11. The molecule has 1 aromatic heterocycles. The number of amides is 1. The van der Waals surface area contributed by atoms with Crippen molar-refractivity contribution in [2.75, 3.05) is 5.32 Å². The van der Waals surface area contributed by atoms with Crippen LogP contribution in [0, 0.1) is 6.92 Å². The van der Waals surface area contributed by atoms with Crippen molar-refractivity contribution in [3.8, 4) is 5.69 Å². The molecule has 156 valence electrons. The molecule has 1 unspecified atom stereocenters. The van der Waals surface area contributed by atoms with E-state index in [2.05, 4.69) is 5.32 Å². The zero-order valence-corrected chi connectivity index (χ0v) is 18.6. The Labute approximate surface area is 189 Å². The van der Waals surface area contributed by atoms with Crippen molar-refractivity contribution in [2.24, 2.45) is 0 Å². The highest BCUT2D eigenvalue weighted by Gasteiger charge is 2.21. The van der Waals surface area contributed by atoms with Crippen LogP contribution in [-0.2, 0) is 4.79 Å². The lowest BCUT2D eigenvalue weighted by Crippen LogP contribution is -2.26. The van der Waals surface area contributed by atoms with E-state index >= 15 is 0 Å². The van der Waals surface area contributed by atoms with E-state index < -0.39 is 5.25 Å². The van der Waals surface area contributed by atoms with Gasteiger partial charge in [-0.15, -0.1) is 0 Å². The Balaban J connectivity index is 1.73. The van der Waals surface area contributed by atoms with E-state index in [0.717, 1.165) is 5.56 Å². The maximum Gasteiger partial charge on any atom is 0.266 e. The number of aromatic nitrogens is 2. The van der Waals surface area contributed by atoms with Crippen molar-refractivity contribution in [2.45, 2.75) is 24.3 Å². The van der Waals surface area contributed by atoms with Gasteiger partial charge in [0.1, 0.15) is 0 Å². The van der Waals surface area contributed by atoms with Crippen LogP contribution in [-0.4, -0.2) is 20.7 Å². The number of hydrogen-bond acceptors (Lipinski definition) is 4. The summed E-state index contributed by atoms with van der Waals surface area (Å²) in [5.41, 5.74) is 2.76. The topological polar surface area (TPSA) is 64.0 Å². The monoisotopic (exact) mass is 449 g/mol. The lowest BCUT2D eigenvalue weighted by molar-refractivity contribution is -0.115. The number of carbonyl (C=O) groups is 1. The lowest BCUT2D eigenvalue weighted by Gasteiger charge is -2.17. The second-order valence-electron chi connectivity index (χ2n) is 7.12. The van der Waals surface area contributed by atoms with Crippen molar-refractivity contribution in [1.29, 1.82) is 0 Å². The molecule has 7 heteroatoms. The summed E-state index contributed by atoms with van der Waals surface area (Å²) in [4.78, 5) is 30.8. The number of aryl methyl sites for hydroxylation is 1. The van der Waals surface area contributed by atoms with Crippen molar-refractivity contribution in [3.05, 3.63) is 93.7 Å². The molecule has 0 bridgehead atoms. The first kappa shape index (κ1) is 21.2. The van der Waals surface area contributed by atoms with Crippen molar-refractivity contribution in [3.63, 3.8) is 0 Å². The molecular weight excluding hydrogens is 430 g/mol. The van der Waals surface area contributed by atoms with Gasteiger partial charge in [0.05, 0.1) is 32.6 Å². The number of thioether (sulfide) groups is 1. The normalized spacial score (nSPS) is 12.0. The average molecular weight is 450 g/mol. The summed E-state index contributed by atoms with van der Waals surface area (Å²) in [6.07, 6.45) is 0. The molecule has 0 saturated carbocycles. The molecule has 0 radical (unpaired) electrons. The van der Waals surface area contributed by atoms with Gasteiger partial charge in [0.25, 0.3) is 5.56 Å². The second kappa shape index (κ2) is 8.96. The van der Waals surface area contributed by atoms with Gasteiger partial charge >= 0.3 is 0 Å². The zero-order valence-electron chi connectivity index (χ0n) is 17.0. The van der Waals surface area contributed by atoms with Crippen LogP contribution >= 0.6 is 23.4 Å². The Morgan fingerprint density at radius 3 is 2.45 bits per heavy atom. The SMILES string of the molecule is Cc1ccc(-n2c(SC(C)C(=O)Nc3ccccc3Cl)nc3ccccc3c2=O)cc1. The molecule has 4 aromatic rings. The first-order valence-corrected chi connectivity index (χ1v) is 11.0. The first-order valence-electron chi connectivity index (χ1n) is 9.75. The van der Waals surface area contributed by atoms with E-state index in [4.69, 9.17) is 16.6 Å². The highest BCUT2D eigenvalue weighted by Crippen LogP contribution is 2.27. The number of nitrogens with zero attached hydrogens (tertiary/aromatic N) is 2. The third-order valence-corrected chi connectivity index (χ3v) is 6.20. The summed E-state index contributed by atoms with van der Waals surface area (Å²) in [7, 11) is 0. The van der Waals surface area contributed by atoms with Crippen LogP contribution in [0.1, 0.15) is 12.5 Å². The van der Waals surface area contributed by atoms with Gasteiger partial charge in [-0.25, -0.2) is 4.98 Å². The maximum atomic E-state index is 13.3. The van der Waals surface area contributed by atoms with Gasteiger partial charge in [-0.3, -0.25) is 14.2 Å². The van der Waals surface area contributed by atoms with Gasteiger partial charge in [0, 0.05) is 0 Å². The molecule has 4 rings (SSSR count). The molecule has 31 heavy (non-hydrogen) atoms. The largest absolute Gasteiger partial charge is 0.324 e. The average Bonchev–Trinajstić information content (AvgIpc) is 2.76. The Bertz CT molecular complexity index is 1320. The Morgan fingerprint density at radius 1 is 1.03 bits per heavy atom. The van der Waals surface area contributed by atoms with E-state index in [9.17, 15) is 9.59 Å². The van der Waals surface area contributed by atoms with Gasteiger partial charge in [0.15, 0.2) is 5.16 Å². The lowest BCUT2D eigenvalue weighted by atomic mass is 10.2. The molecule has 0 fully saturated rings. The van der Waals surface area contributed by atoms with Crippen LogP contribution in [0.2, 0.25) is 5.02 Å². The molecule has 0 aliphatic carbocycles. The Morgan fingerprint density at radius 2 is 1.71 bits per heavy atom. The number of anilines is 1. The van der Waals surface area contributed by atoms with Crippen molar-refractivity contribution < 1.29 is 4.79 Å². The minimum Gasteiger partial charge on any atom is -0.324 e. The van der Waals surface area contributed by atoms with E-state index in [0.29, 0.717) is 32.5 Å². The molecule has 3 aromatic carbocycles. The van der Waals surface area contributed by atoms with Gasteiger partial charge in [-0.05, 0) is 50.2 Å².